The molecule has 2 rings (SSSR count). The molecule has 1 saturated carbocycles. The molecule has 1 fully saturated rings. The quantitative estimate of drug-likeness (QED) is 0.840. The third-order valence-corrected chi connectivity index (χ3v) is 4.67. The average molecular weight is 314 g/mol. The van der Waals surface area contributed by atoms with Crippen molar-refractivity contribution in [1.29, 1.82) is 0 Å². The van der Waals surface area contributed by atoms with Crippen molar-refractivity contribution in [3.63, 3.8) is 0 Å². The summed E-state index contributed by atoms with van der Waals surface area (Å²) < 4.78 is 13.7. The van der Waals surface area contributed by atoms with Crippen molar-refractivity contribution in [2.24, 2.45) is 5.92 Å². The van der Waals surface area contributed by atoms with Crippen LogP contribution in [0, 0.1) is 11.7 Å². The van der Waals surface area contributed by atoms with Gasteiger partial charge < -0.3 is 5.32 Å². The first-order chi connectivity index (χ1) is 8.58. The SMILES string of the molecule is CC(NC(C)C1CCCC1)c1ccc(F)c(Br)c1. The van der Waals surface area contributed by atoms with Crippen LogP contribution in [-0.4, -0.2) is 6.04 Å². The Morgan fingerprint density at radius 3 is 2.56 bits per heavy atom. The van der Waals surface area contributed by atoms with Crippen molar-refractivity contribution in [3.8, 4) is 0 Å². The molecule has 0 heterocycles. The fourth-order valence-corrected chi connectivity index (χ4v) is 3.26. The summed E-state index contributed by atoms with van der Waals surface area (Å²) in [7, 11) is 0. The zero-order valence-electron chi connectivity index (χ0n) is 11.0. The fourth-order valence-electron chi connectivity index (χ4n) is 2.87. The summed E-state index contributed by atoms with van der Waals surface area (Å²) in [4.78, 5) is 0. The largest absolute Gasteiger partial charge is 0.307 e. The van der Waals surface area contributed by atoms with Crippen molar-refractivity contribution in [1.82, 2.24) is 5.32 Å². The molecule has 0 radical (unpaired) electrons. The van der Waals surface area contributed by atoms with Crippen LogP contribution in [0.15, 0.2) is 22.7 Å². The Bertz CT molecular complexity index is 401. The minimum absolute atomic E-state index is 0.199. The van der Waals surface area contributed by atoms with E-state index in [1.165, 1.54) is 31.7 Å². The Morgan fingerprint density at radius 2 is 1.94 bits per heavy atom. The van der Waals surface area contributed by atoms with E-state index in [4.69, 9.17) is 0 Å². The molecule has 1 aliphatic rings. The summed E-state index contributed by atoms with van der Waals surface area (Å²) in [6.07, 6.45) is 5.42. The van der Waals surface area contributed by atoms with Gasteiger partial charge >= 0.3 is 0 Å². The summed E-state index contributed by atoms with van der Waals surface area (Å²) >= 11 is 3.24. The minimum atomic E-state index is -0.199. The number of halogens is 2. The molecule has 0 saturated heterocycles. The standard InChI is InChI=1S/C15H21BrFN/c1-10(12-5-3-4-6-12)18-11(2)13-7-8-15(17)14(16)9-13/h7-12,18H,3-6H2,1-2H3. The van der Waals surface area contributed by atoms with Crippen molar-refractivity contribution < 1.29 is 4.39 Å². The summed E-state index contributed by atoms with van der Waals surface area (Å²) in [6, 6.07) is 6.05. The van der Waals surface area contributed by atoms with E-state index in [2.05, 4.69) is 35.1 Å². The van der Waals surface area contributed by atoms with Gasteiger partial charge in [0.05, 0.1) is 4.47 Å². The second-order valence-corrected chi connectivity index (χ2v) is 6.25. The van der Waals surface area contributed by atoms with Crippen LogP contribution in [0.2, 0.25) is 0 Å². The molecule has 0 aromatic heterocycles. The molecule has 2 atom stereocenters. The average Bonchev–Trinajstić information content (AvgIpc) is 2.86. The van der Waals surface area contributed by atoms with E-state index < -0.39 is 0 Å². The molecule has 3 heteroatoms. The number of rotatable bonds is 4. The number of nitrogens with one attached hydrogen (secondary N) is 1. The third kappa shape index (κ3) is 3.33. The second-order valence-electron chi connectivity index (χ2n) is 5.40. The first kappa shape index (κ1) is 14.0. The lowest BCUT2D eigenvalue weighted by atomic mass is 9.98. The fraction of sp³-hybridized carbons (Fsp3) is 0.600. The van der Waals surface area contributed by atoms with E-state index in [-0.39, 0.29) is 11.9 Å². The molecular formula is C15H21BrFN. The van der Waals surface area contributed by atoms with E-state index in [9.17, 15) is 4.39 Å². The maximum atomic E-state index is 13.2. The molecular weight excluding hydrogens is 293 g/mol. The maximum Gasteiger partial charge on any atom is 0.137 e. The van der Waals surface area contributed by atoms with Gasteiger partial charge in [-0.25, -0.2) is 4.39 Å². The maximum absolute atomic E-state index is 13.2. The highest BCUT2D eigenvalue weighted by atomic mass is 79.9. The third-order valence-electron chi connectivity index (χ3n) is 4.06. The highest BCUT2D eigenvalue weighted by molar-refractivity contribution is 9.10. The van der Waals surface area contributed by atoms with Crippen molar-refractivity contribution in [3.05, 3.63) is 34.1 Å². The lowest BCUT2D eigenvalue weighted by molar-refractivity contribution is 0.352. The lowest BCUT2D eigenvalue weighted by Gasteiger charge is -2.25. The van der Waals surface area contributed by atoms with E-state index in [0.717, 1.165) is 11.5 Å². The lowest BCUT2D eigenvalue weighted by Crippen LogP contribution is -2.34. The molecule has 0 spiro atoms. The van der Waals surface area contributed by atoms with Crippen molar-refractivity contribution in [2.75, 3.05) is 0 Å². The molecule has 18 heavy (non-hydrogen) atoms. The molecule has 100 valence electrons. The first-order valence-electron chi connectivity index (χ1n) is 6.79. The summed E-state index contributed by atoms with van der Waals surface area (Å²) in [5, 5.41) is 3.64. The Hall–Kier alpha value is -0.410. The van der Waals surface area contributed by atoms with Crippen molar-refractivity contribution in [2.45, 2.75) is 51.6 Å². The van der Waals surface area contributed by atoms with Crippen LogP contribution >= 0.6 is 15.9 Å². The van der Waals surface area contributed by atoms with Gasteiger partial charge in [-0.3, -0.25) is 0 Å². The molecule has 1 nitrogen and oxygen atoms in total. The summed E-state index contributed by atoms with van der Waals surface area (Å²) in [5.74, 6) is 0.603. The Morgan fingerprint density at radius 1 is 1.28 bits per heavy atom. The Balaban J connectivity index is 1.97. The minimum Gasteiger partial charge on any atom is -0.307 e. The number of hydrogen-bond donors (Lipinski definition) is 1. The van der Waals surface area contributed by atoms with Gasteiger partial charge in [-0.2, -0.15) is 0 Å². The normalized spacial score (nSPS) is 20.0. The Kier molecular flexibility index (Phi) is 4.79. The monoisotopic (exact) mass is 313 g/mol. The van der Waals surface area contributed by atoms with Crippen LogP contribution in [-0.2, 0) is 0 Å². The summed E-state index contributed by atoms with van der Waals surface area (Å²) in [5.41, 5.74) is 1.13. The highest BCUT2D eigenvalue weighted by Gasteiger charge is 2.22. The zero-order valence-corrected chi connectivity index (χ0v) is 12.6. The van der Waals surface area contributed by atoms with Gasteiger partial charge in [0, 0.05) is 12.1 Å². The zero-order chi connectivity index (χ0) is 13.1. The van der Waals surface area contributed by atoms with Crippen LogP contribution in [0.25, 0.3) is 0 Å². The molecule has 0 aliphatic heterocycles. The van der Waals surface area contributed by atoms with E-state index in [0.29, 0.717) is 10.5 Å². The van der Waals surface area contributed by atoms with E-state index in [1.807, 2.05) is 12.1 Å². The topological polar surface area (TPSA) is 12.0 Å². The number of hydrogen-bond acceptors (Lipinski definition) is 1. The van der Waals surface area contributed by atoms with Crippen LogP contribution in [0.3, 0.4) is 0 Å². The molecule has 2 unspecified atom stereocenters. The highest BCUT2D eigenvalue weighted by Crippen LogP contribution is 2.29. The predicted octanol–water partition coefficient (Wildman–Crippen LogP) is 4.82. The van der Waals surface area contributed by atoms with Gasteiger partial charge in [0.1, 0.15) is 5.82 Å². The summed E-state index contributed by atoms with van der Waals surface area (Å²) in [6.45, 7) is 4.41. The smallest absolute Gasteiger partial charge is 0.137 e. The van der Waals surface area contributed by atoms with Crippen LogP contribution in [0.1, 0.15) is 51.1 Å². The van der Waals surface area contributed by atoms with Gasteiger partial charge in [0.15, 0.2) is 0 Å². The van der Waals surface area contributed by atoms with E-state index >= 15 is 0 Å². The molecule has 1 aliphatic carbocycles. The van der Waals surface area contributed by atoms with E-state index in [1.54, 1.807) is 0 Å². The van der Waals surface area contributed by atoms with Gasteiger partial charge in [-0.1, -0.05) is 18.9 Å². The van der Waals surface area contributed by atoms with Gasteiger partial charge in [-0.05, 0) is 66.2 Å². The first-order valence-corrected chi connectivity index (χ1v) is 7.58. The van der Waals surface area contributed by atoms with Crippen LogP contribution < -0.4 is 5.32 Å². The molecule has 0 bridgehead atoms. The van der Waals surface area contributed by atoms with Gasteiger partial charge in [0.25, 0.3) is 0 Å². The van der Waals surface area contributed by atoms with Gasteiger partial charge in [0.2, 0.25) is 0 Å². The molecule has 1 aromatic rings. The van der Waals surface area contributed by atoms with Crippen LogP contribution in [0.5, 0.6) is 0 Å². The molecule has 1 N–H and O–H groups in total. The predicted molar refractivity (Wildman–Crippen MR) is 77.1 cm³/mol. The molecule has 0 amide bonds. The second kappa shape index (κ2) is 6.16. The van der Waals surface area contributed by atoms with Gasteiger partial charge in [-0.15, -0.1) is 0 Å². The van der Waals surface area contributed by atoms with Crippen molar-refractivity contribution >= 4 is 15.9 Å². The van der Waals surface area contributed by atoms with Crippen LogP contribution in [0.4, 0.5) is 4.39 Å². The molecule has 1 aromatic carbocycles. The Labute approximate surface area is 117 Å². The number of benzene rings is 1.